The molecule has 1 aliphatic carbocycles. The van der Waals surface area contributed by atoms with Gasteiger partial charge in [-0.05, 0) is 73.6 Å². The summed E-state index contributed by atoms with van der Waals surface area (Å²) in [6.45, 7) is 1.20. The third kappa shape index (κ3) is 6.40. The van der Waals surface area contributed by atoms with Gasteiger partial charge in [-0.25, -0.2) is 4.98 Å². The van der Waals surface area contributed by atoms with E-state index in [1.165, 1.54) is 0 Å². The quantitative estimate of drug-likeness (QED) is 0.302. The second-order valence-electron chi connectivity index (χ2n) is 10.2. The summed E-state index contributed by atoms with van der Waals surface area (Å²) in [4.78, 5) is 24.2. The van der Waals surface area contributed by atoms with Crippen molar-refractivity contribution in [1.82, 2.24) is 15.3 Å². The first-order valence-electron chi connectivity index (χ1n) is 13.3. The van der Waals surface area contributed by atoms with E-state index in [2.05, 4.69) is 16.7 Å². The lowest BCUT2D eigenvalue weighted by molar-refractivity contribution is 0.0943. The summed E-state index contributed by atoms with van der Waals surface area (Å²) in [5.41, 5.74) is 2.71. The highest BCUT2D eigenvalue weighted by atomic mass is 16.5. The number of amides is 1. The number of hydrogen-bond acceptors (Lipinski definition) is 6. The molecule has 4 aromatic rings. The second kappa shape index (κ2) is 11.9. The Morgan fingerprint density at radius 3 is 2.34 bits per heavy atom. The molecule has 1 heterocycles. The normalized spacial score (nSPS) is 17.1. The molecule has 7 heteroatoms. The van der Waals surface area contributed by atoms with Crippen molar-refractivity contribution in [3.63, 3.8) is 0 Å². The molecule has 0 bridgehead atoms. The summed E-state index contributed by atoms with van der Waals surface area (Å²) in [5, 5.41) is 7.73. The largest absolute Gasteiger partial charge is 0.489 e. The van der Waals surface area contributed by atoms with Crippen LogP contribution in [-0.2, 0) is 6.61 Å². The number of carbonyl (C=O) groups is 1. The first kappa shape index (κ1) is 25.5. The molecule has 196 valence electrons. The van der Waals surface area contributed by atoms with Crippen molar-refractivity contribution in [2.45, 2.75) is 38.3 Å². The van der Waals surface area contributed by atoms with Gasteiger partial charge in [0.15, 0.2) is 0 Å². The van der Waals surface area contributed by atoms with E-state index in [0.717, 1.165) is 53.7 Å². The number of aromatic nitrogens is 2. The topological polar surface area (TPSA) is 79.4 Å². The number of anilines is 2. The van der Waals surface area contributed by atoms with Gasteiger partial charge in [-0.2, -0.15) is 4.98 Å². The van der Waals surface area contributed by atoms with E-state index in [-0.39, 0.29) is 5.91 Å². The average Bonchev–Trinajstić information content (AvgIpc) is 2.96. The third-order valence-electron chi connectivity index (χ3n) is 7.10. The highest BCUT2D eigenvalue weighted by Gasteiger charge is 2.23. The van der Waals surface area contributed by atoms with Crippen molar-refractivity contribution in [1.29, 1.82) is 0 Å². The predicted molar refractivity (Wildman–Crippen MR) is 153 cm³/mol. The van der Waals surface area contributed by atoms with Crippen LogP contribution in [0.2, 0.25) is 0 Å². The fraction of sp³-hybridized carbons (Fsp3) is 0.323. The predicted octanol–water partition coefficient (Wildman–Crippen LogP) is 5.68. The molecule has 7 nitrogen and oxygen atoms in total. The van der Waals surface area contributed by atoms with E-state index >= 15 is 0 Å². The third-order valence-corrected chi connectivity index (χ3v) is 7.10. The van der Waals surface area contributed by atoms with Crippen molar-refractivity contribution >= 4 is 28.6 Å². The molecule has 1 fully saturated rings. The molecule has 38 heavy (non-hydrogen) atoms. The molecule has 2 N–H and O–H groups in total. The number of hydrogen-bond donors (Lipinski definition) is 2. The number of benzene rings is 3. The fourth-order valence-corrected chi connectivity index (χ4v) is 4.94. The Morgan fingerprint density at radius 2 is 1.61 bits per heavy atom. The molecular formula is C31H35N5O2. The van der Waals surface area contributed by atoms with Gasteiger partial charge in [0, 0.05) is 37.6 Å². The summed E-state index contributed by atoms with van der Waals surface area (Å²) in [5.74, 6) is 2.79. The van der Waals surface area contributed by atoms with Crippen LogP contribution in [0.4, 0.5) is 11.8 Å². The Labute approximate surface area is 224 Å². The van der Waals surface area contributed by atoms with Crippen LogP contribution in [-0.4, -0.2) is 42.6 Å². The van der Waals surface area contributed by atoms with Gasteiger partial charge in [0.2, 0.25) is 5.95 Å². The SMILES string of the molecule is CN(C)c1nc(NC2CCC(CNC(=O)c3ccc(OCc4ccccc4)cc3)CC2)nc2ccccc12. The van der Waals surface area contributed by atoms with Crippen molar-refractivity contribution in [2.75, 3.05) is 30.9 Å². The standard InChI is InChI=1S/C31H35N5O2/c1-36(2)29-27-10-6-7-11-28(27)34-31(35-29)33-25-16-12-22(13-17-25)20-32-30(37)24-14-18-26(19-15-24)38-21-23-8-4-3-5-9-23/h3-11,14-15,18-19,22,25H,12-13,16-17,20-21H2,1-2H3,(H,32,37)(H,33,34,35). The van der Waals surface area contributed by atoms with Crippen molar-refractivity contribution < 1.29 is 9.53 Å². The van der Waals surface area contributed by atoms with Crippen LogP contribution in [0, 0.1) is 5.92 Å². The smallest absolute Gasteiger partial charge is 0.251 e. The monoisotopic (exact) mass is 509 g/mol. The second-order valence-corrected chi connectivity index (χ2v) is 10.2. The summed E-state index contributed by atoms with van der Waals surface area (Å²) in [6, 6.07) is 25.8. The van der Waals surface area contributed by atoms with Gasteiger partial charge in [0.25, 0.3) is 5.91 Å². The number of carbonyl (C=O) groups excluding carboxylic acids is 1. The molecule has 0 spiro atoms. The highest BCUT2D eigenvalue weighted by molar-refractivity contribution is 5.94. The molecular weight excluding hydrogens is 474 g/mol. The van der Waals surface area contributed by atoms with Gasteiger partial charge in [-0.15, -0.1) is 0 Å². The first-order valence-corrected chi connectivity index (χ1v) is 13.3. The molecule has 1 aliphatic rings. The Balaban J connectivity index is 1.08. The number of ether oxygens (including phenoxy) is 1. The molecule has 1 amide bonds. The highest BCUT2D eigenvalue weighted by Crippen LogP contribution is 2.28. The van der Waals surface area contributed by atoms with E-state index in [0.29, 0.717) is 36.6 Å². The number of rotatable bonds is 9. The van der Waals surface area contributed by atoms with Crippen LogP contribution < -0.4 is 20.3 Å². The minimum absolute atomic E-state index is 0.0411. The molecule has 1 aromatic heterocycles. The number of para-hydroxylation sites is 1. The maximum absolute atomic E-state index is 12.7. The van der Waals surface area contributed by atoms with Gasteiger partial charge in [-0.1, -0.05) is 42.5 Å². The van der Waals surface area contributed by atoms with E-state index in [1.807, 2.05) is 91.8 Å². The van der Waals surface area contributed by atoms with Crippen LogP contribution in [0.1, 0.15) is 41.6 Å². The molecule has 0 radical (unpaired) electrons. The minimum Gasteiger partial charge on any atom is -0.489 e. The van der Waals surface area contributed by atoms with E-state index in [9.17, 15) is 4.79 Å². The first-order chi connectivity index (χ1) is 18.5. The molecule has 1 saturated carbocycles. The van der Waals surface area contributed by atoms with Crippen LogP contribution in [0.3, 0.4) is 0 Å². The maximum Gasteiger partial charge on any atom is 0.251 e. The molecule has 0 saturated heterocycles. The van der Waals surface area contributed by atoms with E-state index in [4.69, 9.17) is 14.7 Å². The summed E-state index contributed by atoms with van der Waals surface area (Å²) in [6.07, 6.45) is 4.17. The van der Waals surface area contributed by atoms with Crippen LogP contribution >= 0.6 is 0 Å². The van der Waals surface area contributed by atoms with Crippen molar-refractivity contribution in [3.8, 4) is 5.75 Å². The van der Waals surface area contributed by atoms with E-state index < -0.39 is 0 Å². The number of fused-ring (bicyclic) bond motifs is 1. The molecule has 0 atom stereocenters. The summed E-state index contributed by atoms with van der Waals surface area (Å²) >= 11 is 0. The Bertz CT molecular complexity index is 1350. The molecule has 5 rings (SSSR count). The Morgan fingerprint density at radius 1 is 0.895 bits per heavy atom. The minimum atomic E-state index is -0.0411. The Hall–Kier alpha value is -4.13. The molecule has 0 unspecified atom stereocenters. The van der Waals surface area contributed by atoms with Gasteiger partial charge in [0.05, 0.1) is 5.52 Å². The van der Waals surface area contributed by atoms with Crippen molar-refractivity contribution in [3.05, 3.63) is 90.0 Å². The molecule has 3 aromatic carbocycles. The zero-order valence-corrected chi connectivity index (χ0v) is 22.1. The lowest BCUT2D eigenvalue weighted by Gasteiger charge is -2.29. The summed E-state index contributed by atoms with van der Waals surface area (Å²) < 4.78 is 5.82. The Kier molecular flexibility index (Phi) is 8.02. The summed E-state index contributed by atoms with van der Waals surface area (Å²) in [7, 11) is 4.01. The van der Waals surface area contributed by atoms with Crippen molar-refractivity contribution in [2.24, 2.45) is 5.92 Å². The number of nitrogens with one attached hydrogen (secondary N) is 2. The zero-order valence-electron chi connectivity index (χ0n) is 22.1. The van der Waals surface area contributed by atoms with Gasteiger partial charge in [-0.3, -0.25) is 4.79 Å². The van der Waals surface area contributed by atoms with Crippen LogP contribution in [0.15, 0.2) is 78.9 Å². The lowest BCUT2D eigenvalue weighted by atomic mass is 9.86. The number of nitrogens with zero attached hydrogens (tertiary/aromatic N) is 3. The van der Waals surface area contributed by atoms with Crippen LogP contribution in [0.5, 0.6) is 5.75 Å². The van der Waals surface area contributed by atoms with Gasteiger partial charge in [0.1, 0.15) is 18.2 Å². The average molecular weight is 510 g/mol. The fourth-order valence-electron chi connectivity index (χ4n) is 4.94. The molecule has 0 aliphatic heterocycles. The maximum atomic E-state index is 12.7. The lowest BCUT2D eigenvalue weighted by Crippen LogP contribution is -2.34. The van der Waals surface area contributed by atoms with Gasteiger partial charge >= 0.3 is 0 Å². The van der Waals surface area contributed by atoms with Crippen LogP contribution in [0.25, 0.3) is 10.9 Å². The van der Waals surface area contributed by atoms with E-state index in [1.54, 1.807) is 0 Å². The zero-order chi connectivity index (χ0) is 26.3. The van der Waals surface area contributed by atoms with Gasteiger partial charge < -0.3 is 20.3 Å².